The van der Waals surface area contributed by atoms with Crippen LogP contribution in [-0.2, 0) is 20.1 Å². The Bertz CT molecular complexity index is 1350. The molecule has 0 fully saturated rings. The number of aryl methyl sites for hydroxylation is 1. The zero-order chi connectivity index (χ0) is 20.7. The summed E-state index contributed by atoms with van der Waals surface area (Å²) < 4.78 is 4.69. The predicted molar refractivity (Wildman–Crippen MR) is 127 cm³/mol. The molecule has 0 bridgehead atoms. The third-order valence-electron chi connectivity index (χ3n) is 5.32. The van der Waals surface area contributed by atoms with Crippen molar-refractivity contribution in [2.45, 2.75) is 13.1 Å². The summed E-state index contributed by atoms with van der Waals surface area (Å²) >= 11 is 2.29. The van der Waals surface area contributed by atoms with Gasteiger partial charge in [0.25, 0.3) is 5.56 Å². The number of rotatable bonds is 4. The van der Waals surface area contributed by atoms with Crippen LogP contribution >= 0.6 is 22.6 Å². The monoisotopic (exact) mass is 506 g/mol. The van der Waals surface area contributed by atoms with Crippen LogP contribution in [0.4, 0.5) is 0 Å². The van der Waals surface area contributed by atoms with Gasteiger partial charge in [-0.2, -0.15) is 5.10 Å². The lowest BCUT2D eigenvalue weighted by Gasteiger charge is -2.10. The van der Waals surface area contributed by atoms with Gasteiger partial charge in [-0.25, -0.2) is 0 Å². The molecule has 5 nitrogen and oxygen atoms in total. The fourth-order valence-corrected chi connectivity index (χ4v) is 4.41. The lowest BCUT2D eigenvalue weighted by molar-refractivity contribution is 0.760. The number of hydrogen-bond acceptors (Lipinski definition) is 3. The van der Waals surface area contributed by atoms with Gasteiger partial charge in [0.05, 0.1) is 25.0 Å². The Kier molecular flexibility index (Phi) is 4.86. The van der Waals surface area contributed by atoms with Crippen molar-refractivity contribution in [1.29, 1.82) is 0 Å². The molecule has 0 atom stereocenters. The summed E-state index contributed by atoms with van der Waals surface area (Å²) in [6.45, 7) is 1.25. The topological polar surface area (TPSA) is 52.2 Å². The van der Waals surface area contributed by atoms with Crippen LogP contribution in [0.5, 0.6) is 0 Å². The van der Waals surface area contributed by atoms with Crippen LogP contribution in [0.25, 0.3) is 11.1 Å². The smallest absolute Gasteiger partial charge is 0.251 e. The van der Waals surface area contributed by atoms with E-state index in [2.05, 4.69) is 52.0 Å². The summed E-state index contributed by atoms with van der Waals surface area (Å²) in [5.41, 5.74) is 7.34. The van der Waals surface area contributed by atoms with Crippen molar-refractivity contribution in [1.82, 2.24) is 14.3 Å². The van der Waals surface area contributed by atoms with Gasteiger partial charge >= 0.3 is 0 Å². The molecule has 0 saturated heterocycles. The highest BCUT2D eigenvalue weighted by molar-refractivity contribution is 14.1. The number of fused-ring (bicyclic) bond motifs is 1. The molecule has 2 aromatic heterocycles. The zero-order valence-corrected chi connectivity index (χ0v) is 18.6. The molecular weight excluding hydrogens is 487 g/mol. The third kappa shape index (κ3) is 3.63. The summed E-state index contributed by atoms with van der Waals surface area (Å²) in [7, 11) is 1.90. The number of halogens is 1. The number of benzene rings is 2. The SMILES string of the molecule is Cn1cc(C2=NCc3ccc(-c4ccn(Cc5cccc(I)c5)c(=O)c4)cc32)cn1. The molecule has 1 aliphatic heterocycles. The molecule has 0 N–H and O–H groups in total. The number of pyridine rings is 1. The number of aliphatic imine (C=N–C) groups is 1. The van der Waals surface area contributed by atoms with Gasteiger partial charge in [0.15, 0.2) is 0 Å². The average molecular weight is 506 g/mol. The van der Waals surface area contributed by atoms with Gasteiger partial charge in [-0.3, -0.25) is 14.5 Å². The van der Waals surface area contributed by atoms with Gasteiger partial charge in [-0.1, -0.05) is 24.3 Å². The molecule has 0 radical (unpaired) electrons. The molecule has 5 rings (SSSR count). The molecule has 4 aromatic rings. The van der Waals surface area contributed by atoms with E-state index in [1.165, 1.54) is 9.13 Å². The van der Waals surface area contributed by atoms with Crippen molar-refractivity contribution >= 4 is 28.3 Å². The lowest BCUT2D eigenvalue weighted by atomic mass is 9.97. The number of nitrogens with zero attached hydrogens (tertiary/aromatic N) is 4. The van der Waals surface area contributed by atoms with Crippen molar-refractivity contribution in [3.63, 3.8) is 0 Å². The molecule has 3 heterocycles. The maximum atomic E-state index is 12.8. The Hall–Kier alpha value is -3.00. The van der Waals surface area contributed by atoms with Gasteiger partial charge in [-0.05, 0) is 69.1 Å². The second-order valence-corrected chi connectivity index (χ2v) is 8.70. The normalized spacial score (nSPS) is 12.7. The van der Waals surface area contributed by atoms with E-state index in [0.29, 0.717) is 13.1 Å². The first kappa shape index (κ1) is 19.0. The largest absolute Gasteiger partial charge is 0.311 e. The van der Waals surface area contributed by atoms with Crippen molar-refractivity contribution in [2.24, 2.45) is 12.0 Å². The summed E-state index contributed by atoms with van der Waals surface area (Å²) in [6, 6.07) is 18.2. The van der Waals surface area contributed by atoms with Crippen molar-refractivity contribution in [2.75, 3.05) is 0 Å². The summed E-state index contributed by atoms with van der Waals surface area (Å²) in [5, 5.41) is 4.27. The third-order valence-corrected chi connectivity index (χ3v) is 5.99. The van der Waals surface area contributed by atoms with Crippen LogP contribution in [0.2, 0.25) is 0 Å². The Morgan fingerprint density at radius 1 is 1.03 bits per heavy atom. The summed E-state index contributed by atoms with van der Waals surface area (Å²) in [4.78, 5) is 17.5. The van der Waals surface area contributed by atoms with Crippen LogP contribution in [0, 0.1) is 3.57 Å². The highest BCUT2D eigenvalue weighted by atomic mass is 127. The zero-order valence-electron chi connectivity index (χ0n) is 16.4. The van der Waals surface area contributed by atoms with E-state index in [1.54, 1.807) is 15.3 Å². The van der Waals surface area contributed by atoms with Crippen LogP contribution < -0.4 is 5.56 Å². The van der Waals surface area contributed by atoms with Gasteiger partial charge in [0.1, 0.15) is 0 Å². The minimum Gasteiger partial charge on any atom is -0.311 e. The first-order valence-electron chi connectivity index (χ1n) is 9.69. The van der Waals surface area contributed by atoms with Gasteiger partial charge in [0, 0.05) is 40.2 Å². The standard InChI is InChI=1S/C24H19IN4O/c1-28-15-20(13-27-28)24-22-10-17(5-6-19(22)12-26-24)18-7-8-29(23(30)11-18)14-16-3-2-4-21(25)9-16/h2-11,13,15H,12,14H2,1H3. The van der Waals surface area contributed by atoms with Crippen molar-refractivity contribution in [3.8, 4) is 11.1 Å². The van der Waals surface area contributed by atoms with E-state index in [-0.39, 0.29) is 5.56 Å². The summed E-state index contributed by atoms with van der Waals surface area (Å²) in [6.07, 6.45) is 5.69. The Morgan fingerprint density at radius 2 is 1.90 bits per heavy atom. The number of aromatic nitrogens is 3. The fourth-order valence-electron chi connectivity index (χ4n) is 3.80. The highest BCUT2D eigenvalue weighted by Gasteiger charge is 2.19. The molecule has 148 valence electrons. The fraction of sp³-hybridized carbons (Fsp3) is 0.125. The summed E-state index contributed by atoms with van der Waals surface area (Å²) in [5.74, 6) is 0. The van der Waals surface area contributed by atoms with Crippen molar-refractivity contribution < 1.29 is 0 Å². The molecule has 0 unspecified atom stereocenters. The minimum absolute atomic E-state index is 0.00647. The lowest BCUT2D eigenvalue weighted by Crippen LogP contribution is -2.19. The van der Waals surface area contributed by atoms with Crippen LogP contribution in [0.1, 0.15) is 22.3 Å². The molecule has 1 aliphatic rings. The van der Waals surface area contributed by atoms with Gasteiger partial charge < -0.3 is 4.57 Å². The molecule has 0 spiro atoms. The molecule has 0 saturated carbocycles. The van der Waals surface area contributed by atoms with Gasteiger partial charge in [-0.15, -0.1) is 0 Å². The second kappa shape index (κ2) is 7.68. The van der Waals surface area contributed by atoms with E-state index in [0.717, 1.165) is 33.5 Å². The first-order chi connectivity index (χ1) is 14.6. The molecular formula is C24H19IN4O. The Morgan fingerprint density at radius 3 is 2.67 bits per heavy atom. The van der Waals surface area contributed by atoms with E-state index >= 15 is 0 Å². The minimum atomic E-state index is -0.00647. The van der Waals surface area contributed by atoms with E-state index in [4.69, 9.17) is 4.99 Å². The Labute approximate surface area is 187 Å². The molecule has 0 aliphatic carbocycles. The molecule has 0 amide bonds. The molecule has 30 heavy (non-hydrogen) atoms. The molecule has 6 heteroatoms. The maximum absolute atomic E-state index is 12.8. The van der Waals surface area contributed by atoms with Crippen LogP contribution in [0.15, 0.2) is 83.0 Å². The highest BCUT2D eigenvalue weighted by Crippen LogP contribution is 2.28. The van der Waals surface area contributed by atoms with E-state index in [1.807, 2.05) is 49.9 Å². The Balaban J connectivity index is 1.46. The van der Waals surface area contributed by atoms with Crippen LogP contribution in [-0.4, -0.2) is 20.1 Å². The second-order valence-electron chi connectivity index (χ2n) is 7.45. The quantitative estimate of drug-likeness (QED) is 0.389. The predicted octanol–water partition coefficient (Wildman–Crippen LogP) is 4.25. The van der Waals surface area contributed by atoms with Gasteiger partial charge in [0.2, 0.25) is 0 Å². The maximum Gasteiger partial charge on any atom is 0.251 e. The van der Waals surface area contributed by atoms with Crippen LogP contribution in [0.3, 0.4) is 0 Å². The van der Waals surface area contributed by atoms with E-state index < -0.39 is 0 Å². The van der Waals surface area contributed by atoms with Crippen molar-refractivity contribution in [3.05, 3.63) is 109 Å². The average Bonchev–Trinajstić information content (AvgIpc) is 3.35. The first-order valence-corrected chi connectivity index (χ1v) is 10.8. The number of hydrogen-bond donors (Lipinski definition) is 0. The van der Waals surface area contributed by atoms with E-state index in [9.17, 15) is 4.79 Å². The molecule has 2 aromatic carbocycles.